The molecule has 0 amide bonds. The highest BCUT2D eigenvalue weighted by atomic mass is 16.3. The molecule has 2 aliphatic rings. The maximum atomic E-state index is 6.35. The number of para-hydroxylation sites is 1. The van der Waals surface area contributed by atoms with Crippen molar-refractivity contribution in [1.29, 1.82) is 0 Å². The Labute approximate surface area is 318 Å². The number of benzene rings is 7. The maximum Gasteiger partial charge on any atom is 0.164 e. The molecule has 11 rings (SSSR count). The van der Waals surface area contributed by atoms with E-state index >= 15 is 0 Å². The van der Waals surface area contributed by atoms with Gasteiger partial charge in [-0.3, -0.25) is 0 Å². The number of allylic oxidation sites excluding steroid dienone is 3. The van der Waals surface area contributed by atoms with Crippen molar-refractivity contribution >= 4 is 21.9 Å². The maximum absolute atomic E-state index is 6.35. The lowest BCUT2D eigenvalue weighted by molar-refractivity contribution is 0.669. The van der Waals surface area contributed by atoms with Crippen molar-refractivity contribution in [3.63, 3.8) is 0 Å². The number of fused-ring (bicyclic) bond motifs is 6. The molecule has 0 bridgehead atoms. The number of furan rings is 1. The first-order valence-electron chi connectivity index (χ1n) is 18.5. The van der Waals surface area contributed by atoms with Crippen LogP contribution in [0.4, 0.5) is 0 Å². The Morgan fingerprint density at radius 1 is 0.473 bits per heavy atom. The van der Waals surface area contributed by atoms with Crippen LogP contribution in [-0.2, 0) is 5.41 Å². The molecule has 4 nitrogen and oxygen atoms in total. The van der Waals surface area contributed by atoms with Gasteiger partial charge in [-0.2, -0.15) is 0 Å². The lowest BCUT2D eigenvalue weighted by atomic mass is 9.66. The van der Waals surface area contributed by atoms with Gasteiger partial charge >= 0.3 is 0 Å². The summed E-state index contributed by atoms with van der Waals surface area (Å²) in [5, 5.41) is 2.00. The summed E-state index contributed by atoms with van der Waals surface area (Å²) in [6.07, 6.45) is 6.29. The molecule has 0 saturated heterocycles. The summed E-state index contributed by atoms with van der Waals surface area (Å²) in [5.74, 6) is 1.79. The Hall–Kier alpha value is -7.39. The largest absolute Gasteiger partial charge is 0.456 e. The predicted octanol–water partition coefficient (Wildman–Crippen LogP) is 12.4. The van der Waals surface area contributed by atoms with Crippen molar-refractivity contribution in [2.75, 3.05) is 0 Å². The fourth-order valence-electron chi connectivity index (χ4n) is 8.71. The molecule has 7 aromatic carbocycles. The second kappa shape index (κ2) is 12.3. The topological polar surface area (TPSA) is 51.8 Å². The summed E-state index contributed by atoms with van der Waals surface area (Å²) in [4.78, 5) is 16.1. The predicted molar refractivity (Wildman–Crippen MR) is 221 cm³/mol. The van der Waals surface area contributed by atoms with Crippen molar-refractivity contribution < 1.29 is 4.42 Å². The van der Waals surface area contributed by atoms with Gasteiger partial charge in [0, 0.05) is 33.0 Å². The van der Waals surface area contributed by atoms with E-state index in [9.17, 15) is 0 Å². The molecular weight excluding hydrogens is 671 g/mol. The third-order valence-corrected chi connectivity index (χ3v) is 11.0. The molecule has 2 aromatic heterocycles. The highest BCUT2D eigenvalue weighted by Gasteiger charge is 2.49. The quantitative estimate of drug-likeness (QED) is 0.162. The van der Waals surface area contributed by atoms with Gasteiger partial charge in [0.1, 0.15) is 11.2 Å². The summed E-state index contributed by atoms with van der Waals surface area (Å²) in [6, 6.07) is 59.2. The Kier molecular flexibility index (Phi) is 7.00. The Morgan fingerprint density at radius 2 is 1.09 bits per heavy atom. The number of hydrogen-bond acceptors (Lipinski definition) is 4. The molecule has 0 spiro atoms. The van der Waals surface area contributed by atoms with Gasteiger partial charge in [0.15, 0.2) is 17.5 Å². The highest BCUT2D eigenvalue weighted by molar-refractivity contribution is 6.11. The van der Waals surface area contributed by atoms with Crippen molar-refractivity contribution in [1.82, 2.24) is 15.0 Å². The fraction of sp³-hybridized carbons (Fsp3) is 0.0196. The highest BCUT2D eigenvalue weighted by Crippen LogP contribution is 2.59. The van der Waals surface area contributed by atoms with E-state index in [0.717, 1.165) is 72.0 Å². The Morgan fingerprint density at radius 3 is 1.95 bits per heavy atom. The SMILES string of the molecule is C1=CC=CC=1C1(c2ccccc2)c2ccccc2-c2cccc(-c3nc(-c4cccc(-c5ccccc5)c4)nc(-c4cccc5oc6ccccc6c45)n3)c21. The van der Waals surface area contributed by atoms with E-state index in [1.165, 1.54) is 11.1 Å². The molecule has 256 valence electrons. The van der Waals surface area contributed by atoms with Crippen LogP contribution in [0.3, 0.4) is 0 Å². The summed E-state index contributed by atoms with van der Waals surface area (Å²) < 4.78 is 6.35. The second-order valence-electron chi connectivity index (χ2n) is 14.0. The molecule has 0 aliphatic heterocycles. The third-order valence-electron chi connectivity index (χ3n) is 11.0. The van der Waals surface area contributed by atoms with Crippen LogP contribution in [0.5, 0.6) is 0 Å². The molecule has 4 heteroatoms. The lowest BCUT2D eigenvalue weighted by Crippen LogP contribution is -2.29. The Bertz CT molecular complexity index is 3080. The van der Waals surface area contributed by atoms with Crippen molar-refractivity contribution in [2.24, 2.45) is 0 Å². The molecule has 1 atom stereocenters. The molecule has 55 heavy (non-hydrogen) atoms. The monoisotopic (exact) mass is 701 g/mol. The van der Waals surface area contributed by atoms with Crippen LogP contribution in [0.1, 0.15) is 16.7 Å². The van der Waals surface area contributed by atoms with Crippen molar-refractivity contribution in [2.45, 2.75) is 5.41 Å². The zero-order valence-electron chi connectivity index (χ0n) is 29.6. The molecule has 2 aliphatic carbocycles. The molecular formula is C51H31N3O. The number of hydrogen-bond donors (Lipinski definition) is 0. The van der Waals surface area contributed by atoms with Gasteiger partial charge < -0.3 is 4.42 Å². The first kappa shape index (κ1) is 31.2. The van der Waals surface area contributed by atoms with E-state index in [1.807, 2.05) is 42.5 Å². The van der Waals surface area contributed by atoms with E-state index in [4.69, 9.17) is 19.4 Å². The minimum absolute atomic E-state index is 0.584. The molecule has 0 radical (unpaired) electrons. The number of nitrogens with zero attached hydrogens (tertiary/aromatic N) is 3. The van der Waals surface area contributed by atoms with E-state index < -0.39 is 5.41 Å². The molecule has 2 heterocycles. The minimum atomic E-state index is -0.658. The van der Waals surface area contributed by atoms with Crippen molar-refractivity contribution in [3.05, 3.63) is 216 Å². The number of aromatic nitrogens is 3. The summed E-state index contributed by atoms with van der Waals surface area (Å²) in [5.41, 5.74) is 16.5. The van der Waals surface area contributed by atoms with Crippen LogP contribution in [0.2, 0.25) is 0 Å². The average molecular weight is 702 g/mol. The van der Waals surface area contributed by atoms with E-state index in [1.54, 1.807) is 0 Å². The van der Waals surface area contributed by atoms with Gasteiger partial charge in [-0.05, 0) is 69.3 Å². The van der Waals surface area contributed by atoms with E-state index in [2.05, 4.69) is 151 Å². The first-order valence-corrected chi connectivity index (χ1v) is 18.5. The van der Waals surface area contributed by atoms with E-state index in [-0.39, 0.29) is 0 Å². The summed E-state index contributed by atoms with van der Waals surface area (Å²) >= 11 is 0. The van der Waals surface area contributed by atoms with Gasteiger partial charge in [0.25, 0.3) is 0 Å². The van der Waals surface area contributed by atoms with Crippen LogP contribution >= 0.6 is 0 Å². The zero-order valence-corrected chi connectivity index (χ0v) is 29.6. The van der Waals surface area contributed by atoms with Crippen molar-refractivity contribution in [3.8, 4) is 56.4 Å². The van der Waals surface area contributed by atoms with E-state index in [0.29, 0.717) is 17.5 Å². The first-order chi connectivity index (χ1) is 27.3. The van der Waals surface area contributed by atoms with Crippen LogP contribution in [0.15, 0.2) is 204 Å². The summed E-state index contributed by atoms with van der Waals surface area (Å²) in [6.45, 7) is 0. The van der Waals surface area contributed by atoms with Gasteiger partial charge in [-0.15, -0.1) is 5.73 Å². The van der Waals surface area contributed by atoms with Gasteiger partial charge in [0.05, 0.1) is 5.41 Å². The molecule has 1 unspecified atom stereocenters. The normalized spacial score (nSPS) is 15.4. The number of rotatable bonds is 6. The van der Waals surface area contributed by atoms with Crippen LogP contribution in [0.25, 0.3) is 78.4 Å². The lowest BCUT2D eigenvalue weighted by Gasteiger charge is -2.34. The van der Waals surface area contributed by atoms with Crippen LogP contribution < -0.4 is 0 Å². The fourth-order valence-corrected chi connectivity index (χ4v) is 8.71. The zero-order chi connectivity index (χ0) is 36.3. The van der Waals surface area contributed by atoms with Gasteiger partial charge in [-0.1, -0.05) is 158 Å². The smallest absolute Gasteiger partial charge is 0.164 e. The van der Waals surface area contributed by atoms with Gasteiger partial charge in [0.2, 0.25) is 0 Å². The molecule has 9 aromatic rings. The second-order valence-corrected chi connectivity index (χ2v) is 14.0. The Balaban J connectivity index is 1.23. The summed E-state index contributed by atoms with van der Waals surface area (Å²) in [7, 11) is 0. The average Bonchev–Trinajstić information content (AvgIpc) is 4.00. The third kappa shape index (κ3) is 4.76. The van der Waals surface area contributed by atoms with Gasteiger partial charge in [-0.25, -0.2) is 15.0 Å². The standard InChI is InChI=1S/C51H31N3O/c1-3-16-33(17-4-1)34-18-13-19-35(32-34)48-52-49(41-27-15-31-45-46(41)40-25-10-12-30-44(40)55-45)54-50(53-48)42-28-14-26-39-38-24-9-11-29-43(38)51(47(39)42,37-22-7-8-23-37)36-20-5-2-6-21-36/h1-22,24-32H. The molecule has 0 fully saturated rings. The molecule has 0 saturated carbocycles. The molecule has 0 N–H and O–H groups in total. The van der Waals surface area contributed by atoms with Crippen LogP contribution in [-0.4, -0.2) is 15.0 Å². The van der Waals surface area contributed by atoms with Crippen LogP contribution in [0, 0.1) is 0 Å². The minimum Gasteiger partial charge on any atom is -0.456 e.